The summed E-state index contributed by atoms with van der Waals surface area (Å²) in [4.78, 5) is 13.0. The summed E-state index contributed by atoms with van der Waals surface area (Å²) in [7, 11) is 0. The van der Waals surface area contributed by atoms with Crippen LogP contribution in [-0.4, -0.2) is 0 Å². The standard InChI is InChI=1S/C28H22N2O4/c1-17-27(31)25-15-14-24(33-23-12-6-20(30)7-13-23)16-26(25)34-28(17)18-2-8-21(9-3-18)32-22-10-4-19(29)5-11-22/h2-16H,29-30H2,1H3. The third-order valence-corrected chi connectivity index (χ3v) is 5.44. The molecule has 5 rings (SSSR count). The molecule has 0 spiro atoms. The van der Waals surface area contributed by atoms with E-state index in [-0.39, 0.29) is 5.43 Å². The third kappa shape index (κ3) is 4.29. The van der Waals surface area contributed by atoms with Crippen molar-refractivity contribution < 1.29 is 13.9 Å². The lowest BCUT2D eigenvalue weighted by atomic mass is 10.1. The monoisotopic (exact) mass is 450 g/mol. The summed E-state index contributed by atoms with van der Waals surface area (Å²) < 4.78 is 17.9. The summed E-state index contributed by atoms with van der Waals surface area (Å²) in [6.07, 6.45) is 0. The maximum absolute atomic E-state index is 13.0. The highest BCUT2D eigenvalue weighted by atomic mass is 16.5. The number of ether oxygens (including phenoxy) is 2. The van der Waals surface area contributed by atoms with Crippen LogP contribution in [0.3, 0.4) is 0 Å². The summed E-state index contributed by atoms with van der Waals surface area (Å²) in [6.45, 7) is 1.76. The first-order valence-electron chi connectivity index (χ1n) is 10.7. The molecule has 1 heterocycles. The van der Waals surface area contributed by atoms with E-state index >= 15 is 0 Å². The van der Waals surface area contributed by atoms with Gasteiger partial charge in [-0.2, -0.15) is 0 Å². The van der Waals surface area contributed by atoms with Crippen LogP contribution in [0.25, 0.3) is 22.3 Å². The van der Waals surface area contributed by atoms with Gasteiger partial charge < -0.3 is 25.4 Å². The van der Waals surface area contributed by atoms with Crippen molar-refractivity contribution in [3.8, 4) is 34.3 Å². The smallest absolute Gasteiger partial charge is 0.196 e. The Morgan fingerprint density at radius 3 is 1.68 bits per heavy atom. The molecule has 6 nitrogen and oxygen atoms in total. The number of benzene rings is 4. The van der Waals surface area contributed by atoms with E-state index in [0.29, 0.717) is 56.7 Å². The Bertz CT molecular complexity index is 1520. The Labute approximate surface area is 196 Å². The maximum atomic E-state index is 13.0. The summed E-state index contributed by atoms with van der Waals surface area (Å²) in [6, 6.07) is 26.8. The quantitative estimate of drug-likeness (QED) is 0.296. The molecule has 34 heavy (non-hydrogen) atoms. The molecular formula is C28H22N2O4. The molecule has 0 bridgehead atoms. The molecule has 0 aliphatic heterocycles. The molecule has 0 saturated heterocycles. The molecule has 6 heteroatoms. The lowest BCUT2D eigenvalue weighted by Crippen LogP contribution is -2.07. The van der Waals surface area contributed by atoms with Crippen molar-refractivity contribution in [2.45, 2.75) is 6.92 Å². The van der Waals surface area contributed by atoms with Crippen LogP contribution < -0.4 is 26.4 Å². The fourth-order valence-corrected chi connectivity index (χ4v) is 3.62. The van der Waals surface area contributed by atoms with Crippen LogP contribution in [-0.2, 0) is 0 Å². The van der Waals surface area contributed by atoms with Crippen LogP contribution in [0.1, 0.15) is 5.56 Å². The zero-order valence-electron chi connectivity index (χ0n) is 18.4. The first-order chi connectivity index (χ1) is 16.5. The van der Waals surface area contributed by atoms with Crippen molar-refractivity contribution in [3.05, 3.63) is 107 Å². The molecule has 0 radical (unpaired) electrons. The predicted octanol–water partition coefficient (Wildman–Crippen LogP) is 6.52. The van der Waals surface area contributed by atoms with Gasteiger partial charge in [0.2, 0.25) is 0 Å². The summed E-state index contributed by atoms with van der Waals surface area (Å²) >= 11 is 0. The minimum Gasteiger partial charge on any atom is -0.457 e. The van der Waals surface area contributed by atoms with Gasteiger partial charge in [-0.1, -0.05) is 0 Å². The first-order valence-corrected chi connectivity index (χ1v) is 10.7. The maximum Gasteiger partial charge on any atom is 0.196 e. The van der Waals surface area contributed by atoms with E-state index in [4.69, 9.17) is 25.4 Å². The molecule has 4 N–H and O–H groups in total. The van der Waals surface area contributed by atoms with E-state index in [9.17, 15) is 4.79 Å². The Balaban J connectivity index is 1.46. The fourth-order valence-electron chi connectivity index (χ4n) is 3.62. The summed E-state index contributed by atoms with van der Waals surface area (Å²) in [5, 5.41) is 0.495. The summed E-state index contributed by atoms with van der Waals surface area (Å²) in [5.74, 6) is 3.04. The zero-order valence-corrected chi connectivity index (χ0v) is 18.4. The van der Waals surface area contributed by atoms with E-state index < -0.39 is 0 Å². The second-order valence-electron chi connectivity index (χ2n) is 7.91. The second kappa shape index (κ2) is 8.67. The molecule has 0 unspecified atom stereocenters. The molecule has 5 aromatic rings. The molecule has 0 saturated carbocycles. The molecule has 0 aliphatic rings. The van der Waals surface area contributed by atoms with Gasteiger partial charge in [0.25, 0.3) is 0 Å². The van der Waals surface area contributed by atoms with Gasteiger partial charge in [0.05, 0.1) is 5.39 Å². The molecule has 0 atom stereocenters. The zero-order chi connectivity index (χ0) is 23.7. The topological polar surface area (TPSA) is 101 Å². The van der Waals surface area contributed by atoms with Gasteiger partial charge in [-0.25, -0.2) is 0 Å². The lowest BCUT2D eigenvalue weighted by molar-refractivity contribution is 0.481. The van der Waals surface area contributed by atoms with E-state index in [2.05, 4.69) is 0 Å². The molecule has 4 aromatic carbocycles. The van der Waals surface area contributed by atoms with Crippen LogP contribution in [0.4, 0.5) is 11.4 Å². The van der Waals surface area contributed by atoms with Gasteiger partial charge in [0, 0.05) is 28.6 Å². The van der Waals surface area contributed by atoms with Crippen LogP contribution in [0.2, 0.25) is 0 Å². The normalized spacial score (nSPS) is 10.9. The lowest BCUT2D eigenvalue weighted by Gasteiger charge is -2.11. The Morgan fingerprint density at radius 2 is 1.12 bits per heavy atom. The Kier molecular flexibility index (Phi) is 5.40. The van der Waals surface area contributed by atoms with Crippen molar-refractivity contribution in [3.63, 3.8) is 0 Å². The van der Waals surface area contributed by atoms with E-state index in [0.717, 1.165) is 5.56 Å². The highest BCUT2D eigenvalue weighted by molar-refractivity contribution is 5.81. The molecule has 168 valence electrons. The van der Waals surface area contributed by atoms with Crippen LogP contribution in [0.5, 0.6) is 23.0 Å². The highest BCUT2D eigenvalue weighted by Crippen LogP contribution is 2.31. The minimum absolute atomic E-state index is 0.0857. The van der Waals surface area contributed by atoms with E-state index in [1.54, 1.807) is 73.7 Å². The summed E-state index contributed by atoms with van der Waals surface area (Å²) in [5.41, 5.74) is 14.4. The van der Waals surface area contributed by atoms with Gasteiger partial charge in [0.15, 0.2) is 5.43 Å². The molecule has 0 amide bonds. The SMILES string of the molecule is Cc1c(-c2ccc(Oc3ccc(N)cc3)cc2)oc2cc(Oc3ccc(N)cc3)ccc2c1=O. The average Bonchev–Trinajstić information content (AvgIpc) is 2.85. The number of nitrogens with two attached hydrogens (primary N) is 2. The predicted molar refractivity (Wildman–Crippen MR) is 135 cm³/mol. The molecule has 0 aliphatic carbocycles. The van der Waals surface area contributed by atoms with Crippen LogP contribution >= 0.6 is 0 Å². The van der Waals surface area contributed by atoms with Crippen molar-refractivity contribution >= 4 is 22.3 Å². The fraction of sp³-hybridized carbons (Fsp3) is 0.0357. The Morgan fingerprint density at radius 1 is 0.647 bits per heavy atom. The number of nitrogen functional groups attached to an aromatic ring is 2. The molecule has 0 fully saturated rings. The minimum atomic E-state index is -0.0857. The van der Waals surface area contributed by atoms with Crippen LogP contribution in [0, 0.1) is 6.92 Å². The largest absolute Gasteiger partial charge is 0.457 e. The average molecular weight is 450 g/mol. The van der Waals surface area contributed by atoms with Gasteiger partial charge in [-0.3, -0.25) is 4.79 Å². The number of fused-ring (bicyclic) bond motifs is 1. The number of hydrogen-bond acceptors (Lipinski definition) is 6. The second-order valence-corrected chi connectivity index (χ2v) is 7.91. The highest BCUT2D eigenvalue weighted by Gasteiger charge is 2.14. The number of rotatable bonds is 5. The molecular weight excluding hydrogens is 428 g/mol. The third-order valence-electron chi connectivity index (χ3n) is 5.44. The van der Waals surface area contributed by atoms with Gasteiger partial charge in [-0.05, 0) is 91.9 Å². The van der Waals surface area contributed by atoms with E-state index in [1.165, 1.54) is 0 Å². The van der Waals surface area contributed by atoms with Crippen molar-refractivity contribution in [1.82, 2.24) is 0 Å². The number of hydrogen-bond donors (Lipinski definition) is 2. The van der Waals surface area contributed by atoms with E-state index in [1.807, 2.05) is 24.3 Å². The van der Waals surface area contributed by atoms with Crippen molar-refractivity contribution in [2.24, 2.45) is 0 Å². The molecule has 1 aromatic heterocycles. The van der Waals surface area contributed by atoms with Crippen molar-refractivity contribution in [2.75, 3.05) is 11.5 Å². The number of anilines is 2. The van der Waals surface area contributed by atoms with Gasteiger partial charge in [-0.15, -0.1) is 0 Å². The van der Waals surface area contributed by atoms with Crippen LogP contribution in [0.15, 0.2) is 100 Å². The van der Waals surface area contributed by atoms with Gasteiger partial charge in [0.1, 0.15) is 34.3 Å². The van der Waals surface area contributed by atoms with Crippen molar-refractivity contribution in [1.29, 1.82) is 0 Å². The van der Waals surface area contributed by atoms with Gasteiger partial charge >= 0.3 is 0 Å². The Hall–Kier alpha value is -4.71. The first kappa shape index (κ1) is 21.2.